The zero-order valence-corrected chi connectivity index (χ0v) is 17.3. The Morgan fingerprint density at radius 3 is 2.08 bits per heavy atom. The second-order valence-corrected chi connectivity index (χ2v) is 9.43. The molecule has 1 aliphatic heterocycles. The van der Waals surface area contributed by atoms with E-state index in [1.807, 2.05) is 20.8 Å². The Labute approximate surface area is 157 Å². The lowest BCUT2D eigenvalue weighted by atomic mass is 9.78. The topological polar surface area (TPSA) is 91.7 Å². The van der Waals surface area contributed by atoms with Crippen molar-refractivity contribution in [3.8, 4) is 6.07 Å². The molecule has 1 N–H and O–H groups in total. The second kappa shape index (κ2) is 7.73. The van der Waals surface area contributed by atoms with Crippen LogP contribution in [0.2, 0.25) is 0 Å². The predicted molar refractivity (Wildman–Crippen MR) is 98.5 cm³/mol. The standard InChI is InChI=1S/C19H33N3O4/c1-17(2,3)25-15(23)21-14(19(7,8)12-20)13-9-10-22(11-13)16(24)26-18(4,5)6/h13-14H,9-11H2,1-8H3,(H,21,23). The van der Waals surface area contributed by atoms with Crippen LogP contribution < -0.4 is 5.32 Å². The van der Waals surface area contributed by atoms with Crippen LogP contribution in [-0.2, 0) is 9.47 Å². The van der Waals surface area contributed by atoms with Crippen LogP contribution >= 0.6 is 0 Å². The summed E-state index contributed by atoms with van der Waals surface area (Å²) in [6.07, 6.45) is -0.238. The molecule has 7 heteroatoms. The predicted octanol–water partition coefficient (Wildman–Crippen LogP) is 3.69. The van der Waals surface area contributed by atoms with E-state index in [-0.39, 0.29) is 12.0 Å². The molecule has 1 rings (SSSR count). The van der Waals surface area contributed by atoms with Gasteiger partial charge < -0.3 is 19.7 Å². The third kappa shape index (κ3) is 6.74. The largest absolute Gasteiger partial charge is 0.444 e. The summed E-state index contributed by atoms with van der Waals surface area (Å²) in [5.74, 6) is -0.0512. The van der Waals surface area contributed by atoms with Gasteiger partial charge in [0.05, 0.1) is 17.5 Å². The first kappa shape index (κ1) is 22.1. The molecule has 1 heterocycles. The minimum absolute atomic E-state index is 0.0512. The molecule has 1 aliphatic rings. The van der Waals surface area contributed by atoms with E-state index in [2.05, 4.69) is 11.4 Å². The van der Waals surface area contributed by atoms with Crippen LogP contribution in [0, 0.1) is 22.7 Å². The molecule has 0 aromatic carbocycles. The average molecular weight is 367 g/mol. The summed E-state index contributed by atoms with van der Waals surface area (Å²) < 4.78 is 10.8. The van der Waals surface area contributed by atoms with Crippen LogP contribution in [0.3, 0.4) is 0 Å². The summed E-state index contributed by atoms with van der Waals surface area (Å²) in [6.45, 7) is 15.4. The van der Waals surface area contributed by atoms with E-state index in [0.717, 1.165) is 0 Å². The van der Waals surface area contributed by atoms with Crippen LogP contribution in [0.25, 0.3) is 0 Å². The van der Waals surface area contributed by atoms with E-state index in [1.165, 1.54) is 0 Å². The van der Waals surface area contributed by atoms with E-state index in [1.54, 1.807) is 39.5 Å². The SMILES string of the molecule is CC(C)(C)OC(=O)NC(C1CCN(C(=O)OC(C)(C)C)C1)C(C)(C)C#N. The molecular weight excluding hydrogens is 334 g/mol. The number of ether oxygens (including phenoxy) is 2. The summed E-state index contributed by atoms with van der Waals surface area (Å²) >= 11 is 0. The fourth-order valence-corrected chi connectivity index (χ4v) is 2.94. The number of carbonyl (C=O) groups excluding carboxylic acids is 2. The molecule has 0 aliphatic carbocycles. The van der Waals surface area contributed by atoms with Crippen molar-refractivity contribution in [3.05, 3.63) is 0 Å². The third-order valence-electron chi connectivity index (χ3n) is 4.09. The molecular formula is C19H33N3O4. The first-order valence-electron chi connectivity index (χ1n) is 9.03. The number of carbonyl (C=O) groups is 2. The van der Waals surface area contributed by atoms with Gasteiger partial charge in [0, 0.05) is 19.0 Å². The van der Waals surface area contributed by atoms with Gasteiger partial charge in [0.15, 0.2) is 0 Å². The van der Waals surface area contributed by atoms with Crippen LogP contribution in [0.5, 0.6) is 0 Å². The van der Waals surface area contributed by atoms with Gasteiger partial charge in [0.2, 0.25) is 0 Å². The van der Waals surface area contributed by atoms with Crippen molar-refractivity contribution in [2.75, 3.05) is 13.1 Å². The molecule has 1 fully saturated rings. The van der Waals surface area contributed by atoms with Crippen LogP contribution in [0.4, 0.5) is 9.59 Å². The molecule has 0 aromatic heterocycles. The van der Waals surface area contributed by atoms with Gasteiger partial charge >= 0.3 is 12.2 Å². The van der Waals surface area contributed by atoms with E-state index in [9.17, 15) is 14.9 Å². The quantitative estimate of drug-likeness (QED) is 0.821. The molecule has 1 saturated heterocycles. The molecule has 0 spiro atoms. The molecule has 2 atom stereocenters. The Balaban J connectivity index is 2.86. The van der Waals surface area contributed by atoms with E-state index in [0.29, 0.717) is 19.5 Å². The van der Waals surface area contributed by atoms with Crippen molar-refractivity contribution in [1.29, 1.82) is 5.26 Å². The van der Waals surface area contributed by atoms with Gasteiger partial charge in [-0.25, -0.2) is 9.59 Å². The number of hydrogen-bond acceptors (Lipinski definition) is 5. The lowest BCUT2D eigenvalue weighted by molar-refractivity contribution is 0.0278. The highest BCUT2D eigenvalue weighted by molar-refractivity contribution is 5.69. The first-order valence-corrected chi connectivity index (χ1v) is 9.03. The average Bonchev–Trinajstić information content (AvgIpc) is 2.90. The third-order valence-corrected chi connectivity index (χ3v) is 4.09. The lowest BCUT2D eigenvalue weighted by Crippen LogP contribution is -2.51. The number of nitrogens with one attached hydrogen (secondary N) is 1. The molecule has 0 radical (unpaired) electrons. The van der Waals surface area contributed by atoms with E-state index in [4.69, 9.17) is 9.47 Å². The number of nitriles is 1. The maximum Gasteiger partial charge on any atom is 0.410 e. The highest BCUT2D eigenvalue weighted by Crippen LogP contribution is 2.32. The van der Waals surface area contributed by atoms with Gasteiger partial charge in [0.1, 0.15) is 11.2 Å². The summed E-state index contributed by atoms with van der Waals surface area (Å²) in [7, 11) is 0. The lowest BCUT2D eigenvalue weighted by Gasteiger charge is -2.34. The Bertz CT molecular complexity index is 567. The van der Waals surface area contributed by atoms with Crippen molar-refractivity contribution in [2.24, 2.45) is 11.3 Å². The van der Waals surface area contributed by atoms with E-state index < -0.39 is 28.8 Å². The second-order valence-electron chi connectivity index (χ2n) is 9.43. The summed E-state index contributed by atoms with van der Waals surface area (Å²) in [5.41, 5.74) is -1.98. The Morgan fingerprint density at radius 1 is 1.08 bits per heavy atom. The van der Waals surface area contributed by atoms with Gasteiger partial charge in [-0.2, -0.15) is 5.26 Å². The van der Waals surface area contributed by atoms with Crippen LogP contribution in [0.15, 0.2) is 0 Å². The number of nitrogens with zero attached hydrogens (tertiary/aromatic N) is 2. The number of rotatable bonds is 3. The highest BCUT2D eigenvalue weighted by atomic mass is 16.6. The smallest absolute Gasteiger partial charge is 0.410 e. The van der Waals surface area contributed by atoms with Gasteiger partial charge in [-0.05, 0) is 61.8 Å². The number of hydrogen-bond donors (Lipinski definition) is 1. The van der Waals surface area contributed by atoms with Gasteiger partial charge in [-0.3, -0.25) is 0 Å². The highest BCUT2D eigenvalue weighted by Gasteiger charge is 2.42. The molecule has 0 aromatic rings. The zero-order chi connectivity index (χ0) is 20.3. The van der Waals surface area contributed by atoms with Gasteiger partial charge in [0.25, 0.3) is 0 Å². The van der Waals surface area contributed by atoms with Crippen LogP contribution in [-0.4, -0.2) is 47.4 Å². The fraction of sp³-hybridized carbons (Fsp3) is 0.842. The molecule has 2 amide bonds. The van der Waals surface area contributed by atoms with E-state index >= 15 is 0 Å². The first-order chi connectivity index (χ1) is 11.6. The minimum atomic E-state index is -0.800. The zero-order valence-electron chi connectivity index (χ0n) is 17.3. The number of amides is 2. The molecule has 26 heavy (non-hydrogen) atoms. The minimum Gasteiger partial charge on any atom is -0.444 e. The Kier molecular flexibility index (Phi) is 6.56. The van der Waals surface area contributed by atoms with Crippen molar-refractivity contribution in [1.82, 2.24) is 10.2 Å². The Hall–Kier alpha value is -1.97. The molecule has 148 valence electrons. The monoisotopic (exact) mass is 367 g/mol. The van der Waals surface area contributed by atoms with Gasteiger partial charge in [-0.15, -0.1) is 0 Å². The normalized spacial score (nSPS) is 19.5. The molecule has 2 unspecified atom stereocenters. The molecule has 0 bridgehead atoms. The van der Waals surface area contributed by atoms with Crippen molar-refractivity contribution >= 4 is 12.2 Å². The number of likely N-dealkylation sites (tertiary alicyclic amines) is 1. The maximum absolute atomic E-state index is 12.3. The Morgan fingerprint density at radius 2 is 1.62 bits per heavy atom. The fourth-order valence-electron chi connectivity index (χ4n) is 2.94. The molecule has 0 saturated carbocycles. The van der Waals surface area contributed by atoms with Crippen molar-refractivity contribution < 1.29 is 19.1 Å². The van der Waals surface area contributed by atoms with Crippen molar-refractivity contribution in [3.63, 3.8) is 0 Å². The number of alkyl carbamates (subject to hydrolysis) is 1. The maximum atomic E-state index is 12.3. The van der Waals surface area contributed by atoms with Crippen LogP contribution in [0.1, 0.15) is 61.8 Å². The van der Waals surface area contributed by atoms with Gasteiger partial charge in [-0.1, -0.05) is 0 Å². The van der Waals surface area contributed by atoms with Crippen molar-refractivity contribution in [2.45, 2.75) is 79.1 Å². The molecule has 7 nitrogen and oxygen atoms in total. The summed E-state index contributed by atoms with van der Waals surface area (Å²) in [4.78, 5) is 26.2. The summed E-state index contributed by atoms with van der Waals surface area (Å²) in [6, 6.07) is 1.83. The summed E-state index contributed by atoms with van der Waals surface area (Å²) in [5, 5.41) is 12.4.